The molecule has 0 N–H and O–H groups in total. The topological polar surface area (TPSA) is 20.3 Å². The number of carbonyl (C=O) groups excluding carboxylic acids is 1. The highest BCUT2D eigenvalue weighted by Crippen LogP contribution is 2.65. The van der Waals surface area contributed by atoms with Crippen molar-refractivity contribution in [2.45, 2.75) is 43.5 Å². The summed E-state index contributed by atoms with van der Waals surface area (Å²) in [6.45, 7) is 4.80. The lowest BCUT2D eigenvalue weighted by atomic mass is 10.1. The molecule has 19 heavy (non-hydrogen) atoms. The van der Waals surface area contributed by atoms with E-state index < -0.39 is 9.75 Å². The van der Waals surface area contributed by atoms with Gasteiger partial charge < -0.3 is 4.90 Å². The average Bonchev–Trinajstić information content (AvgIpc) is 2.80. The fourth-order valence-corrected chi connectivity index (χ4v) is 4.61. The number of carbonyl (C=O) groups is 1. The van der Waals surface area contributed by atoms with Crippen LogP contribution >= 0.6 is 34.5 Å². The maximum absolute atomic E-state index is 12.7. The molecular formula is C14H17Cl2NOS. The third kappa shape index (κ3) is 2.10. The Morgan fingerprint density at radius 2 is 2.16 bits per heavy atom. The fraction of sp³-hybridized carbons (Fsp3) is 0.643. The highest BCUT2D eigenvalue weighted by molar-refractivity contribution is 7.12. The van der Waals surface area contributed by atoms with Gasteiger partial charge in [-0.15, -0.1) is 34.5 Å². The highest BCUT2D eigenvalue weighted by atomic mass is 35.5. The first-order valence-electron chi connectivity index (χ1n) is 6.60. The first kappa shape index (κ1) is 13.7. The molecule has 0 aromatic carbocycles. The molecule has 1 aliphatic heterocycles. The third-order valence-electron chi connectivity index (χ3n) is 4.33. The Morgan fingerprint density at radius 3 is 2.68 bits per heavy atom. The summed E-state index contributed by atoms with van der Waals surface area (Å²) in [5.41, 5.74) is -0.592. The van der Waals surface area contributed by atoms with Crippen molar-refractivity contribution in [1.82, 2.24) is 4.90 Å². The van der Waals surface area contributed by atoms with E-state index in [1.165, 1.54) is 9.75 Å². The van der Waals surface area contributed by atoms with Crippen LogP contribution in [0.15, 0.2) is 12.1 Å². The Kier molecular flexibility index (Phi) is 3.16. The number of rotatable bonds is 2. The van der Waals surface area contributed by atoms with Crippen LogP contribution in [0.25, 0.3) is 0 Å². The molecule has 1 saturated carbocycles. The number of likely N-dealkylation sites (tertiary alicyclic amines) is 1. The number of thiophene rings is 1. The van der Waals surface area contributed by atoms with Gasteiger partial charge >= 0.3 is 0 Å². The number of hydrogen-bond acceptors (Lipinski definition) is 2. The van der Waals surface area contributed by atoms with Crippen LogP contribution in [0.2, 0.25) is 0 Å². The molecule has 0 radical (unpaired) electrons. The quantitative estimate of drug-likeness (QED) is 0.744. The molecule has 1 aliphatic carbocycles. The lowest BCUT2D eigenvalue weighted by Gasteiger charge is -2.27. The number of aryl methyl sites for hydroxylation is 1. The summed E-state index contributed by atoms with van der Waals surface area (Å²) >= 11 is 14.1. The van der Waals surface area contributed by atoms with E-state index in [1.54, 1.807) is 11.3 Å². The fourth-order valence-electron chi connectivity index (χ4n) is 2.89. The Balaban J connectivity index is 1.83. The predicted octanol–water partition coefficient (Wildman–Crippen LogP) is 4.30. The summed E-state index contributed by atoms with van der Waals surface area (Å²) in [7, 11) is 0. The molecule has 104 valence electrons. The van der Waals surface area contributed by atoms with Gasteiger partial charge in [-0.25, -0.2) is 0 Å². The van der Waals surface area contributed by atoms with Crippen LogP contribution in [0.3, 0.4) is 0 Å². The van der Waals surface area contributed by atoms with Gasteiger partial charge in [0, 0.05) is 16.3 Å². The summed E-state index contributed by atoms with van der Waals surface area (Å²) in [6, 6.07) is 4.47. The van der Waals surface area contributed by atoms with E-state index in [4.69, 9.17) is 23.2 Å². The molecule has 3 rings (SSSR count). The van der Waals surface area contributed by atoms with Gasteiger partial charge in [-0.2, -0.15) is 0 Å². The first-order chi connectivity index (χ1) is 8.85. The summed E-state index contributed by atoms with van der Waals surface area (Å²) in [5, 5.41) is 0. The van der Waals surface area contributed by atoms with Gasteiger partial charge in [0.2, 0.25) is 5.91 Å². The van der Waals surface area contributed by atoms with Gasteiger partial charge in [0.15, 0.2) is 0 Å². The van der Waals surface area contributed by atoms with E-state index in [2.05, 4.69) is 19.1 Å². The number of alkyl halides is 2. The second kappa shape index (κ2) is 4.37. The van der Waals surface area contributed by atoms with Crippen LogP contribution in [-0.2, 0) is 4.79 Å². The SMILES string of the molecule is Cc1ccc([C@H]2CCCN2C(=O)[C@@]2(C)CC2(Cl)Cl)s1. The van der Waals surface area contributed by atoms with Gasteiger partial charge in [0.1, 0.15) is 4.33 Å². The largest absolute Gasteiger partial charge is 0.334 e. The zero-order chi connectivity index (χ0) is 13.8. The molecule has 2 nitrogen and oxygen atoms in total. The molecule has 1 aromatic rings. The molecule has 1 aromatic heterocycles. The summed E-state index contributed by atoms with van der Waals surface area (Å²) in [5.74, 6) is 0.117. The standard InChI is InChI=1S/C14H17Cl2NOS/c1-9-5-6-11(19-9)10-4-3-7-17(10)12(18)13(2)8-14(13,15)16/h5-6,10H,3-4,7-8H2,1-2H3/t10-,13-/m1/s1. The summed E-state index contributed by atoms with van der Waals surface area (Å²) < 4.78 is -0.872. The molecule has 1 saturated heterocycles. The summed E-state index contributed by atoms with van der Waals surface area (Å²) in [4.78, 5) is 17.2. The zero-order valence-corrected chi connectivity index (χ0v) is 13.4. The van der Waals surface area contributed by atoms with Crippen molar-refractivity contribution < 1.29 is 4.79 Å². The number of halogens is 2. The van der Waals surface area contributed by atoms with Crippen molar-refractivity contribution in [3.05, 3.63) is 21.9 Å². The average molecular weight is 318 g/mol. The lowest BCUT2D eigenvalue weighted by Crippen LogP contribution is -2.37. The minimum Gasteiger partial charge on any atom is -0.334 e. The Bertz CT molecular complexity index is 527. The number of nitrogens with zero attached hydrogens (tertiary/aromatic N) is 1. The van der Waals surface area contributed by atoms with Crippen LogP contribution in [-0.4, -0.2) is 21.7 Å². The van der Waals surface area contributed by atoms with Crippen LogP contribution < -0.4 is 0 Å². The molecular weight excluding hydrogens is 301 g/mol. The first-order valence-corrected chi connectivity index (χ1v) is 8.18. The number of amides is 1. The second-order valence-electron chi connectivity index (χ2n) is 5.82. The van der Waals surface area contributed by atoms with Gasteiger partial charge in [0.25, 0.3) is 0 Å². The Morgan fingerprint density at radius 1 is 1.47 bits per heavy atom. The van der Waals surface area contributed by atoms with E-state index in [0.29, 0.717) is 6.42 Å². The van der Waals surface area contributed by atoms with E-state index in [0.717, 1.165) is 19.4 Å². The molecule has 2 fully saturated rings. The minimum atomic E-state index is -0.872. The van der Waals surface area contributed by atoms with Crippen LogP contribution in [0.4, 0.5) is 0 Å². The number of hydrogen-bond donors (Lipinski definition) is 0. The maximum Gasteiger partial charge on any atom is 0.232 e. The van der Waals surface area contributed by atoms with Crippen LogP contribution in [0, 0.1) is 12.3 Å². The Labute approximate surface area is 127 Å². The normalized spacial score (nSPS) is 32.6. The molecule has 0 unspecified atom stereocenters. The van der Waals surface area contributed by atoms with Gasteiger partial charge in [0.05, 0.1) is 11.5 Å². The molecule has 0 spiro atoms. The maximum atomic E-state index is 12.7. The van der Waals surface area contributed by atoms with E-state index in [9.17, 15) is 4.79 Å². The predicted molar refractivity (Wildman–Crippen MR) is 79.9 cm³/mol. The van der Waals surface area contributed by atoms with Gasteiger partial charge in [-0.3, -0.25) is 4.79 Å². The molecule has 2 atom stereocenters. The van der Waals surface area contributed by atoms with E-state index >= 15 is 0 Å². The van der Waals surface area contributed by atoms with Crippen molar-refractivity contribution in [3.63, 3.8) is 0 Å². The molecule has 5 heteroatoms. The van der Waals surface area contributed by atoms with E-state index in [-0.39, 0.29) is 11.9 Å². The molecule has 0 bridgehead atoms. The van der Waals surface area contributed by atoms with Crippen molar-refractivity contribution in [1.29, 1.82) is 0 Å². The Hall–Kier alpha value is -0.250. The van der Waals surface area contributed by atoms with Crippen LogP contribution in [0.1, 0.15) is 42.0 Å². The van der Waals surface area contributed by atoms with Crippen molar-refractivity contribution in [2.75, 3.05) is 6.54 Å². The molecule has 2 heterocycles. The van der Waals surface area contributed by atoms with Crippen molar-refractivity contribution in [3.8, 4) is 0 Å². The third-order valence-corrected chi connectivity index (χ3v) is 6.54. The lowest BCUT2D eigenvalue weighted by molar-refractivity contribution is -0.137. The monoisotopic (exact) mass is 317 g/mol. The van der Waals surface area contributed by atoms with Crippen LogP contribution in [0.5, 0.6) is 0 Å². The van der Waals surface area contributed by atoms with E-state index in [1.807, 2.05) is 11.8 Å². The highest BCUT2D eigenvalue weighted by Gasteiger charge is 2.69. The smallest absolute Gasteiger partial charge is 0.232 e. The molecule has 1 amide bonds. The van der Waals surface area contributed by atoms with Crippen molar-refractivity contribution >= 4 is 40.4 Å². The summed E-state index contributed by atoms with van der Waals surface area (Å²) in [6.07, 6.45) is 2.66. The zero-order valence-electron chi connectivity index (χ0n) is 11.1. The second-order valence-corrected chi connectivity index (χ2v) is 8.62. The van der Waals surface area contributed by atoms with Gasteiger partial charge in [-0.1, -0.05) is 0 Å². The van der Waals surface area contributed by atoms with Gasteiger partial charge in [-0.05, 0) is 45.2 Å². The minimum absolute atomic E-state index is 0.117. The van der Waals surface area contributed by atoms with Crippen molar-refractivity contribution in [2.24, 2.45) is 5.41 Å². The molecule has 2 aliphatic rings.